The third kappa shape index (κ3) is 3.56. The molecule has 6 rings (SSSR count). The molecule has 168 valence electrons. The molecule has 0 fully saturated rings. The topological polar surface area (TPSA) is 101 Å². The summed E-state index contributed by atoms with van der Waals surface area (Å²) in [4.78, 5) is 22.7. The Kier molecular flexibility index (Phi) is 4.93. The summed E-state index contributed by atoms with van der Waals surface area (Å²) >= 11 is 0. The number of anilines is 1. The van der Waals surface area contributed by atoms with Gasteiger partial charge in [-0.1, -0.05) is 48.5 Å². The van der Waals surface area contributed by atoms with Crippen molar-refractivity contribution < 1.29 is 4.79 Å². The molecule has 0 saturated carbocycles. The molecule has 35 heavy (non-hydrogen) atoms. The van der Waals surface area contributed by atoms with Crippen molar-refractivity contribution >= 4 is 44.8 Å². The zero-order chi connectivity index (χ0) is 23.8. The summed E-state index contributed by atoms with van der Waals surface area (Å²) in [6, 6.07) is 27.2. The van der Waals surface area contributed by atoms with Crippen LogP contribution in [0.5, 0.6) is 0 Å². The lowest BCUT2D eigenvalue weighted by Gasteiger charge is -2.11. The van der Waals surface area contributed by atoms with Crippen molar-refractivity contribution in [2.24, 2.45) is 0 Å². The fourth-order valence-electron chi connectivity index (χ4n) is 4.33. The van der Waals surface area contributed by atoms with Crippen LogP contribution in [0.4, 0.5) is 5.82 Å². The van der Waals surface area contributed by atoms with Crippen LogP contribution < -0.4 is 5.32 Å². The van der Waals surface area contributed by atoms with Gasteiger partial charge in [-0.25, -0.2) is 14.6 Å². The second-order valence-electron chi connectivity index (χ2n) is 8.12. The van der Waals surface area contributed by atoms with Crippen LogP contribution >= 0.6 is 0 Å². The second-order valence-corrected chi connectivity index (χ2v) is 8.12. The molecule has 8 heteroatoms. The Morgan fingerprint density at radius 3 is 2.43 bits per heavy atom. The van der Waals surface area contributed by atoms with Crippen molar-refractivity contribution in [2.45, 2.75) is 13.0 Å². The standard InChI is InChI=1S/C27H19N7O/c28-16-18-17-29-34(19-8-2-1-3-9-19)26(18)32-24(35)14-15-33-23-13-7-4-10-20(23)25-27(33)31-22-12-6-5-11-21(22)30-25/h1-13,17H,14-15H2,(H,32,35). The van der Waals surface area contributed by atoms with E-state index in [-0.39, 0.29) is 12.3 Å². The van der Waals surface area contributed by atoms with Gasteiger partial charge in [0.25, 0.3) is 0 Å². The minimum Gasteiger partial charge on any atom is -0.323 e. The van der Waals surface area contributed by atoms with Crippen LogP contribution in [-0.4, -0.2) is 30.2 Å². The Hall–Kier alpha value is -5.03. The van der Waals surface area contributed by atoms with Crippen LogP contribution in [0.2, 0.25) is 0 Å². The largest absolute Gasteiger partial charge is 0.323 e. The quantitative estimate of drug-likeness (QED) is 0.400. The van der Waals surface area contributed by atoms with Gasteiger partial charge in [0.1, 0.15) is 17.1 Å². The van der Waals surface area contributed by atoms with Gasteiger partial charge in [0.2, 0.25) is 5.91 Å². The first-order valence-electron chi connectivity index (χ1n) is 11.2. The normalized spacial score (nSPS) is 11.2. The van der Waals surface area contributed by atoms with Gasteiger partial charge in [-0.05, 0) is 30.3 Å². The number of carbonyl (C=O) groups excluding carboxylic acids is 1. The average molecular weight is 457 g/mol. The van der Waals surface area contributed by atoms with Gasteiger partial charge in [0.05, 0.1) is 28.4 Å². The molecule has 0 spiro atoms. The number of benzene rings is 3. The van der Waals surface area contributed by atoms with Crippen molar-refractivity contribution in [3.63, 3.8) is 0 Å². The van der Waals surface area contributed by atoms with Crippen LogP contribution in [0.1, 0.15) is 12.0 Å². The summed E-state index contributed by atoms with van der Waals surface area (Å²) in [6.45, 7) is 0.407. The summed E-state index contributed by atoms with van der Waals surface area (Å²) in [5.41, 5.74) is 5.22. The van der Waals surface area contributed by atoms with Gasteiger partial charge in [-0.3, -0.25) is 4.79 Å². The van der Waals surface area contributed by atoms with Crippen molar-refractivity contribution in [3.8, 4) is 11.8 Å². The highest BCUT2D eigenvalue weighted by atomic mass is 16.1. The highest BCUT2D eigenvalue weighted by Gasteiger charge is 2.18. The first-order chi connectivity index (χ1) is 17.2. The molecule has 8 nitrogen and oxygen atoms in total. The monoisotopic (exact) mass is 457 g/mol. The van der Waals surface area contributed by atoms with Gasteiger partial charge in [-0.2, -0.15) is 10.4 Å². The van der Waals surface area contributed by atoms with Crippen molar-refractivity contribution in [3.05, 3.63) is 90.6 Å². The lowest BCUT2D eigenvalue weighted by Crippen LogP contribution is -2.17. The molecule has 0 unspecified atom stereocenters. The van der Waals surface area contributed by atoms with Gasteiger partial charge in [0, 0.05) is 18.4 Å². The maximum atomic E-state index is 13.0. The fraction of sp³-hybridized carbons (Fsp3) is 0.0741. The van der Waals surface area contributed by atoms with E-state index in [4.69, 9.17) is 9.97 Å². The Labute approximate surface area is 200 Å². The Morgan fingerprint density at radius 1 is 0.914 bits per heavy atom. The van der Waals surface area contributed by atoms with E-state index in [0.29, 0.717) is 17.9 Å². The van der Waals surface area contributed by atoms with Crippen molar-refractivity contribution in [2.75, 3.05) is 5.32 Å². The van der Waals surface area contributed by atoms with E-state index in [0.717, 1.165) is 38.8 Å². The molecule has 0 aliphatic heterocycles. The van der Waals surface area contributed by atoms with E-state index < -0.39 is 0 Å². The van der Waals surface area contributed by atoms with Gasteiger partial charge in [-0.15, -0.1) is 0 Å². The minimum absolute atomic E-state index is 0.188. The number of nitrogens with one attached hydrogen (secondary N) is 1. The number of nitrogens with zero attached hydrogens (tertiary/aromatic N) is 6. The lowest BCUT2D eigenvalue weighted by molar-refractivity contribution is -0.116. The molecule has 0 radical (unpaired) electrons. The number of carbonyl (C=O) groups is 1. The van der Waals surface area contributed by atoms with Gasteiger partial charge < -0.3 is 9.88 Å². The van der Waals surface area contributed by atoms with Crippen LogP contribution in [0.3, 0.4) is 0 Å². The molecule has 3 aromatic carbocycles. The molecular formula is C27H19N7O. The number of fused-ring (bicyclic) bond motifs is 4. The number of hydrogen-bond donors (Lipinski definition) is 1. The summed E-state index contributed by atoms with van der Waals surface area (Å²) in [6.07, 6.45) is 1.64. The molecule has 0 bridgehead atoms. The van der Waals surface area contributed by atoms with E-state index in [1.54, 1.807) is 4.68 Å². The van der Waals surface area contributed by atoms with Crippen molar-refractivity contribution in [1.29, 1.82) is 5.26 Å². The molecule has 1 N–H and O–H groups in total. The SMILES string of the molecule is N#Cc1cnn(-c2ccccc2)c1NC(=O)CCn1c2ccccc2c2nc3ccccc3nc21. The molecule has 3 aromatic heterocycles. The number of para-hydroxylation sites is 4. The number of hydrogen-bond acceptors (Lipinski definition) is 5. The number of aromatic nitrogens is 5. The summed E-state index contributed by atoms with van der Waals surface area (Å²) in [5, 5.41) is 17.7. The fourth-order valence-corrected chi connectivity index (χ4v) is 4.33. The van der Waals surface area contributed by atoms with E-state index in [1.165, 1.54) is 6.20 Å². The molecule has 0 saturated heterocycles. The third-order valence-electron chi connectivity index (χ3n) is 5.97. The average Bonchev–Trinajstić information content (AvgIpc) is 3.44. The van der Waals surface area contributed by atoms with E-state index in [1.807, 2.05) is 83.4 Å². The van der Waals surface area contributed by atoms with Crippen LogP contribution in [0.15, 0.2) is 85.1 Å². The Balaban J connectivity index is 1.33. The second kappa shape index (κ2) is 8.39. The number of amides is 1. The molecule has 3 heterocycles. The predicted molar refractivity (Wildman–Crippen MR) is 134 cm³/mol. The van der Waals surface area contributed by atoms with Crippen LogP contribution in [0.25, 0.3) is 38.8 Å². The Bertz CT molecular complexity index is 1760. The molecule has 6 aromatic rings. The summed E-state index contributed by atoms with van der Waals surface area (Å²) < 4.78 is 3.60. The van der Waals surface area contributed by atoms with Gasteiger partial charge >= 0.3 is 0 Å². The molecule has 0 aliphatic carbocycles. The maximum absolute atomic E-state index is 13.0. The Morgan fingerprint density at radius 2 is 1.63 bits per heavy atom. The maximum Gasteiger partial charge on any atom is 0.227 e. The highest BCUT2D eigenvalue weighted by molar-refractivity contribution is 6.06. The zero-order valence-corrected chi connectivity index (χ0v) is 18.6. The molecule has 0 aliphatic rings. The molecule has 0 atom stereocenters. The van der Waals surface area contributed by atoms with Crippen molar-refractivity contribution in [1.82, 2.24) is 24.3 Å². The number of aryl methyl sites for hydroxylation is 1. The van der Waals surface area contributed by atoms with Gasteiger partial charge in [0.15, 0.2) is 11.5 Å². The highest BCUT2D eigenvalue weighted by Crippen LogP contribution is 2.28. The zero-order valence-electron chi connectivity index (χ0n) is 18.6. The van der Waals surface area contributed by atoms with Crippen LogP contribution in [0, 0.1) is 11.3 Å². The van der Waals surface area contributed by atoms with Crippen LogP contribution in [-0.2, 0) is 11.3 Å². The smallest absolute Gasteiger partial charge is 0.227 e. The predicted octanol–water partition coefficient (Wildman–Crippen LogP) is 4.82. The van der Waals surface area contributed by atoms with E-state index >= 15 is 0 Å². The first kappa shape index (κ1) is 20.6. The van der Waals surface area contributed by atoms with E-state index in [9.17, 15) is 10.1 Å². The lowest BCUT2D eigenvalue weighted by atomic mass is 10.2. The third-order valence-corrected chi connectivity index (χ3v) is 5.97. The number of rotatable bonds is 5. The minimum atomic E-state index is -0.223. The first-order valence-corrected chi connectivity index (χ1v) is 11.2. The molecule has 1 amide bonds. The van der Waals surface area contributed by atoms with E-state index in [2.05, 4.69) is 16.5 Å². The summed E-state index contributed by atoms with van der Waals surface area (Å²) in [5.74, 6) is 0.135. The summed E-state index contributed by atoms with van der Waals surface area (Å²) in [7, 11) is 0. The molecular weight excluding hydrogens is 438 g/mol. The number of nitriles is 1.